The van der Waals surface area contributed by atoms with Crippen molar-refractivity contribution in [2.45, 2.75) is 31.6 Å². The second-order valence-electron chi connectivity index (χ2n) is 3.38. The van der Waals surface area contributed by atoms with Crippen molar-refractivity contribution in [2.75, 3.05) is 0 Å². The van der Waals surface area contributed by atoms with Crippen LogP contribution in [0.15, 0.2) is 29.2 Å². The topological polar surface area (TPSA) is 43.4 Å². The van der Waals surface area contributed by atoms with Gasteiger partial charge >= 0.3 is 10.1 Å². The largest absolute Gasteiger partial charge is 0.347 e. The van der Waals surface area contributed by atoms with Gasteiger partial charge in [-0.2, -0.15) is 8.42 Å². The zero-order chi connectivity index (χ0) is 12.0. The zero-order valence-electron chi connectivity index (χ0n) is 9.36. The molecule has 0 N–H and O–H groups in total. The molecule has 4 heteroatoms. The Morgan fingerprint density at radius 3 is 2.44 bits per heavy atom. The lowest BCUT2D eigenvalue weighted by Gasteiger charge is -2.00. The monoisotopic (exact) mass is 238 g/mol. The standard InChI is InChI=1S/C12H14O3S/c1-3-4-5-10-15-16(13,14)12-8-6-11(2)7-9-12/h6-9H,3-4H2,1-2H3. The van der Waals surface area contributed by atoms with Gasteiger partial charge in [0.25, 0.3) is 0 Å². The van der Waals surface area contributed by atoms with Gasteiger partial charge in [0.05, 0.1) is 0 Å². The molecular weight excluding hydrogens is 224 g/mol. The van der Waals surface area contributed by atoms with Gasteiger partial charge in [0.15, 0.2) is 0 Å². The minimum absolute atomic E-state index is 0.129. The maximum Gasteiger partial charge on any atom is 0.347 e. The van der Waals surface area contributed by atoms with E-state index in [2.05, 4.69) is 16.2 Å². The van der Waals surface area contributed by atoms with Gasteiger partial charge in [-0.1, -0.05) is 30.5 Å². The fraction of sp³-hybridized carbons (Fsp3) is 0.333. The van der Waals surface area contributed by atoms with Crippen LogP contribution in [0.4, 0.5) is 0 Å². The molecule has 1 rings (SSSR count). The third-order valence-corrected chi connectivity index (χ3v) is 3.06. The molecule has 0 fully saturated rings. The summed E-state index contributed by atoms with van der Waals surface area (Å²) in [5.41, 5.74) is 0.996. The molecule has 16 heavy (non-hydrogen) atoms. The average Bonchev–Trinajstić information content (AvgIpc) is 2.25. The maximum atomic E-state index is 11.6. The van der Waals surface area contributed by atoms with Crippen LogP contribution in [0.3, 0.4) is 0 Å². The van der Waals surface area contributed by atoms with Crippen LogP contribution >= 0.6 is 0 Å². The van der Waals surface area contributed by atoms with Crippen LogP contribution in [0.2, 0.25) is 0 Å². The van der Waals surface area contributed by atoms with E-state index in [1.54, 1.807) is 12.1 Å². The molecule has 0 unspecified atom stereocenters. The molecule has 1 aromatic carbocycles. The lowest BCUT2D eigenvalue weighted by Crippen LogP contribution is -2.02. The van der Waals surface area contributed by atoms with E-state index in [9.17, 15) is 8.42 Å². The normalized spacial score (nSPS) is 10.4. The number of rotatable bonds is 3. The molecule has 0 aliphatic heterocycles. The predicted octanol–water partition coefficient (Wildman–Crippen LogP) is 2.46. The van der Waals surface area contributed by atoms with E-state index < -0.39 is 10.1 Å². The maximum absolute atomic E-state index is 11.6. The van der Waals surface area contributed by atoms with Gasteiger partial charge in [0.1, 0.15) is 11.0 Å². The van der Waals surface area contributed by atoms with Gasteiger partial charge in [-0.15, -0.1) is 0 Å². The van der Waals surface area contributed by atoms with Crippen LogP contribution in [-0.2, 0) is 14.3 Å². The fourth-order valence-corrected chi connectivity index (χ4v) is 1.75. The van der Waals surface area contributed by atoms with Gasteiger partial charge in [-0.05, 0) is 25.5 Å². The highest BCUT2D eigenvalue weighted by Crippen LogP contribution is 2.12. The predicted molar refractivity (Wildman–Crippen MR) is 62.1 cm³/mol. The van der Waals surface area contributed by atoms with Crippen molar-refractivity contribution < 1.29 is 12.6 Å². The van der Waals surface area contributed by atoms with Crippen LogP contribution in [0, 0.1) is 19.0 Å². The van der Waals surface area contributed by atoms with Gasteiger partial charge in [-0.3, -0.25) is 0 Å². The first-order valence-electron chi connectivity index (χ1n) is 5.04. The van der Waals surface area contributed by atoms with Crippen LogP contribution in [0.5, 0.6) is 0 Å². The minimum Gasteiger partial charge on any atom is -0.324 e. The van der Waals surface area contributed by atoms with Gasteiger partial charge in [-0.25, -0.2) is 0 Å². The highest BCUT2D eigenvalue weighted by molar-refractivity contribution is 7.86. The van der Waals surface area contributed by atoms with E-state index in [0.717, 1.165) is 12.0 Å². The summed E-state index contributed by atoms with van der Waals surface area (Å²) in [5, 5.41) is 0. The first-order valence-corrected chi connectivity index (χ1v) is 6.45. The quantitative estimate of drug-likeness (QED) is 0.600. The minimum atomic E-state index is -3.73. The van der Waals surface area contributed by atoms with Crippen molar-refractivity contribution in [3.05, 3.63) is 29.8 Å². The second kappa shape index (κ2) is 5.57. The summed E-state index contributed by atoms with van der Waals surface area (Å²) in [7, 11) is -3.73. The fourth-order valence-electron chi connectivity index (χ4n) is 1.01. The van der Waals surface area contributed by atoms with Crippen LogP contribution < -0.4 is 0 Å². The second-order valence-corrected chi connectivity index (χ2v) is 4.93. The van der Waals surface area contributed by atoms with Crippen LogP contribution in [0.1, 0.15) is 25.3 Å². The summed E-state index contributed by atoms with van der Waals surface area (Å²) in [5.74, 6) is 2.62. The molecule has 0 atom stereocenters. The van der Waals surface area contributed by atoms with Crippen molar-refractivity contribution in [1.82, 2.24) is 0 Å². The van der Waals surface area contributed by atoms with Crippen molar-refractivity contribution >= 4 is 10.1 Å². The zero-order valence-corrected chi connectivity index (χ0v) is 10.2. The molecule has 0 bridgehead atoms. The summed E-state index contributed by atoms with van der Waals surface area (Å²) < 4.78 is 27.7. The van der Waals surface area contributed by atoms with E-state index >= 15 is 0 Å². The lowest BCUT2D eigenvalue weighted by molar-refractivity contribution is 0.465. The first kappa shape index (κ1) is 12.6. The molecule has 0 aliphatic carbocycles. The Labute approximate surface area is 96.6 Å². The van der Waals surface area contributed by atoms with Gasteiger partial charge in [0.2, 0.25) is 0 Å². The molecule has 0 aromatic heterocycles. The Morgan fingerprint density at radius 1 is 1.25 bits per heavy atom. The first-order chi connectivity index (χ1) is 7.56. The Kier molecular flexibility index (Phi) is 4.39. The summed E-state index contributed by atoms with van der Waals surface area (Å²) >= 11 is 0. The Balaban J connectivity index is 2.80. The number of hydrogen-bond donors (Lipinski definition) is 0. The summed E-state index contributed by atoms with van der Waals surface area (Å²) in [4.78, 5) is 0.129. The highest BCUT2D eigenvalue weighted by atomic mass is 32.2. The van der Waals surface area contributed by atoms with E-state index in [-0.39, 0.29) is 4.90 Å². The molecule has 0 saturated carbocycles. The third kappa shape index (κ3) is 3.59. The summed E-state index contributed by atoms with van der Waals surface area (Å²) in [6.07, 6.45) is 3.71. The SMILES string of the molecule is CCCC#COS(=O)(=O)c1ccc(C)cc1. The van der Waals surface area contributed by atoms with E-state index in [4.69, 9.17) is 0 Å². The van der Waals surface area contributed by atoms with Crippen molar-refractivity contribution in [2.24, 2.45) is 0 Å². The average molecular weight is 238 g/mol. The van der Waals surface area contributed by atoms with Gasteiger partial charge < -0.3 is 4.18 Å². The van der Waals surface area contributed by atoms with E-state index in [0.29, 0.717) is 6.42 Å². The van der Waals surface area contributed by atoms with Crippen molar-refractivity contribution in [3.8, 4) is 12.0 Å². The molecule has 0 aliphatic rings. The molecule has 0 heterocycles. The number of aryl methyl sites for hydroxylation is 1. The summed E-state index contributed by atoms with van der Waals surface area (Å²) in [6, 6.07) is 6.45. The van der Waals surface area contributed by atoms with E-state index in [1.165, 1.54) is 12.1 Å². The Bertz CT molecular complexity index is 489. The molecule has 0 radical (unpaired) electrons. The third-order valence-electron chi connectivity index (χ3n) is 1.91. The molecule has 1 aromatic rings. The van der Waals surface area contributed by atoms with Gasteiger partial charge in [0, 0.05) is 6.42 Å². The number of unbranched alkanes of at least 4 members (excludes halogenated alkanes) is 1. The number of hydrogen-bond acceptors (Lipinski definition) is 3. The smallest absolute Gasteiger partial charge is 0.324 e. The molecule has 3 nitrogen and oxygen atoms in total. The Hall–Kier alpha value is -1.47. The molecular formula is C12H14O3S. The molecule has 0 spiro atoms. The Morgan fingerprint density at radius 2 is 1.88 bits per heavy atom. The molecule has 0 amide bonds. The van der Waals surface area contributed by atoms with E-state index in [1.807, 2.05) is 13.8 Å². The van der Waals surface area contributed by atoms with Crippen LogP contribution in [-0.4, -0.2) is 8.42 Å². The number of benzene rings is 1. The summed E-state index contributed by atoms with van der Waals surface area (Å²) in [6.45, 7) is 3.85. The van der Waals surface area contributed by atoms with Crippen molar-refractivity contribution in [3.63, 3.8) is 0 Å². The molecule has 86 valence electrons. The highest BCUT2D eigenvalue weighted by Gasteiger charge is 2.13. The van der Waals surface area contributed by atoms with Crippen molar-refractivity contribution in [1.29, 1.82) is 0 Å². The van der Waals surface area contributed by atoms with Crippen LogP contribution in [0.25, 0.3) is 0 Å². The molecule has 0 saturated heterocycles. The lowest BCUT2D eigenvalue weighted by atomic mass is 10.2.